The summed E-state index contributed by atoms with van der Waals surface area (Å²) in [5.41, 5.74) is 2.54. The molecule has 0 spiro atoms. The first-order valence-corrected chi connectivity index (χ1v) is 16.7. The number of carbonyl (C=O) groups excluding carboxylic acids is 1. The van der Waals surface area contributed by atoms with E-state index in [-0.39, 0.29) is 12.1 Å². The number of rotatable bonds is 10. The molecular weight excluding hydrogens is 543 g/mol. The van der Waals surface area contributed by atoms with Crippen LogP contribution in [0.2, 0.25) is 0 Å². The molecule has 0 bridgehead atoms. The quantitative estimate of drug-likeness (QED) is 0.0826. The molecule has 0 unspecified atom stereocenters. The van der Waals surface area contributed by atoms with E-state index in [9.17, 15) is 4.79 Å². The Balaban J connectivity index is 1.39. The highest BCUT2D eigenvalue weighted by atomic mass is 127. The van der Waals surface area contributed by atoms with Gasteiger partial charge in [-0.3, -0.25) is 4.79 Å². The summed E-state index contributed by atoms with van der Waals surface area (Å²) >= 11 is 2.39. The summed E-state index contributed by atoms with van der Waals surface area (Å²) in [7, 11) is 0. The molecule has 0 amide bonds. The van der Waals surface area contributed by atoms with Crippen molar-refractivity contribution in [3.63, 3.8) is 0 Å². The lowest BCUT2D eigenvalue weighted by molar-refractivity contribution is -0.151. The molecule has 4 aliphatic rings. The van der Waals surface area contributed by atoms with Gasteiger partial charge in [-0.15, -0.1) is 0 Å². The first kappa shape index (κ1) is 28.0. The Morgan fingerprint density at radius 2 is 1.83 bits per heavy atom. The maximum atomic E-state index is 12.4. The molecule has 0 aromatic rings. The van der Waals surface area contributed by atoms with Gasteiger partial charge in [-0.25, -0.2) is 0 Å². The summed E-state index contributed by atoms with van der Waals surface area (Å²) in [5.74, 6) is 5.33. The van der Waals surface area contributed by atoms with Gasteiger partial charge >= 0.3 is 5.97 Å². The third kappa shape index (κ3) is 5.85. The molecule has 3 heteroatoms. The van der Waals surface area contributed by atoms with Crippen LogP contribution in [0.1, 0.15) is 125 Å². The first-order chi connectivity index (χ1) is 16.7. The molecule has 0 aromatic carbocycles. The Morgan fingerprint density at radius 1 is 1.03 bits per heavy atom. The predicted molar refractivity (Wildman–Crippen MR) is 156 cm³/mol. The zero-order valence-corrected chi connectivity index (χ0v) is 25.6. The van der Waals surface area contributed by atoms with E-state index in [0.717, 1.165) is 65.6 Å². The van der Waals surface area contributed by atoms with Crippen LogP contribution in [0.15, 0.2) is 11.6 Å². The molecule has 0 heterocycles. The molecular formula is C32H53IO2. The topological polar surface area (TPSA) is 26.3 Å². The monoisotopic (exact) mass is 596 g/mol. The lowest BCUT2D eigenvalue weighted by atomic mass is 9.47. The van der Waals surface area contributed by atoms with Crippen molar-refractivity contribution in [3.05, 3.63) is 11.6 Å². The SMILES string of the molecule is CC(C)CCC[C@@H](C)[C@H]1CC[C@H]2[C@@H]3CC=C4C[C@@H](OC(=O)CCCCI)CC[C@]4(C)[C@H]3CC[C@]12C. The smallest absolute Gasteiger partial charge is 0.306 e. The van der Waals surface area contributed by atoms with Crippen molar-refractivity contribution in [1.29, 1.82) is 0 Å². The van der Waals surface area contributed by atoms with E-state index >= 15 is 0 Å². The van der Waals surface area contributed by atoms with Crippen LogP contribution in [0.25, 0.3) is 0 Å². The van der Waals surface area contributed by atoms with Gasteiger partial charge in [-0.05, 0) is 109 Å². The molecule has 0 N–H and O–H groups in total. The van der Waals surface area contributed by atoms with E-state index in [2.05, 4.69) is 63.3 Å². The summed E-state index contributed by atoms with van der Waals surface area (Å²) in [6, 6.07) is 0. The largest absolute Gasteiger partial charge is 0.462 e. The molecule has 200 valence electrons. The summed E-state index contributed by atoms with van der Waals surface area (Å²) in [6.45, 7) is 12.6. The van der Waals surface area contributed by atoms with Gasteiger partial charge in [0.15, 0.2) is 0 Å². The fourth-order valence-electron chi connectivity index (χ4n) is 9.36. The van der Waals surface area contributed by atoms with Gasteiger partial charge in [-0.1, -0.05) is 88.1 Å². The number of unbranched alkanes of at least 4 members (excludes halogenated alkanes) is 1. The van der Waals surface area contributed by atoms with E-state index in [1.807, 2.05) is 0 Å². The predicted octanol–water partition coefficient (Wildman–Crippen LogP) is 9.54. The van der Waals surface area contributed by atoms with Crippen LogP contribution in [0.4, 0.5) is 0 Å². The molecule has 3 fully saturated rings. The maximum Gasteiger partial charge on any atom is 0.306 e. The lowest BCUT2D eigenvalue weighted by Gasteiger charge is -2.58. The fourth-order valence-corrected chi connectivity index (χ4v) is 9.90. The van der Waals surface area contributed by atoms with Crippen molar-refractivity contribution in [1.82, 2.24) is 0 Å². The average molecular weight is 597 g/mol. The molecule has 0 saturated heterocycles. The van der Waals surface area contributed by atoms with Crippen molar-refractivity contribution < 1.29 is 9.53 Å². The molecule has 8 atom stereocenters. The summed E-state index contributed by atoms with van der Waals surface area (Å²) in [4.78, 5) is 12.4. The number of hydrogen-bond acceptors (Lipinski definition) is 2. The summed E-state index contributed by atoms with van der Waals surface area (Å²) in [6.07, 6.45) is 20.0. The van der Waals surface area contributed by atoms with E-state index in [1.54, 1.807) is 5.57 Å². The van der Waals surface area contributed by atoms with Gasteiger partial charge in [0.1, 0.15) is 6.10 Å². The molecule has 0 radical (unpaired) electrons. The molecule has 2 nitrogen and oxygen atoms in total. The fraction of sp³-hybridized carbons (Fsp3) is 0.906. The Bertz CT molecular complexity index is 759. The first-order valence-electron chi connectivity index (χ1n) is 15.1. The number of carbonyl (C=O) groups is 1. The van der Waals surface area contributed by atoms with Gasteiger partial charge < -0.3 is 4.74 Å². The van der Waals surface area contributed by atoms with Crippen LogP contribution in [0.3, 0.4) is 0 Å². The van der Waals surface area contributed by atoms with Crippen molar-refractivity contribution in [3.8, 4) is 0 Å². The Labute approximate surface area is 230 Å². The lowest BCUT2D eigenvalue weighted by Crippen LogP contribution is -2.51. The molecule has 3 saturated carbocycles. The number of allylic oxidation sites excluding steroid dienone is 1. The Hall–Kier alpha value is -0.0600. The second kappa shape index (κ2) is 11.8. The Kier molecular flexibility index (Phi) is 9.40. The van der Waals surface area contributed by atoms with Crippen LogP contribution in [0, 0.1) is 46.3 Å². The van der Waals surface area contributed by atoms with E-state index < -0.39 is 0 Å². The second-order valence-corrected chi connectivity index (χ2v) is 14.9. The summed E-state index contributed by atoms with van der Waals surface area (Å²) in [5, 5.41) is 0. The molecule has 4 rings (SSSR count). The minimum atomic E-state index is 0.0330. The number of esters is 1. The van der Waals surface area contributed by atoms with Crippen molar-refractivity contribution in [2.24, 2.45) is 46.3 Å². The highest BCUT2D eigenvalue weighted by molar-refractivity contribution is 14.1. The van der Waals surface area contributed by atoms with Gasteiger partial charge in [-0.2, -0.15) is 0 Å². The normalized spacial score (nSPS) is 39.4. The number of alkyl halides is 1. The minimum absolute atomic E-state index is 0.0330. The van der Waals surface area contributed by atoms with E-state index in [0.29, 0.717) is 17.3 Å². The highest BCUT2D eigenvalue weighted by Crippen LogP contribution is 2.67. The highest BCUT2D eigenvalue weighted by Gasteiger charge is 2.59. The number of halogens is 1. The van der Waals surface area contributed by atoms with Gasteiger partial charge in [0.05, 0.1) is 0 Å². The third-order valence-electron chi connectivity index (χ3n) is 11.3. The molecule has 0 aromatic heterocycles. The Morgan fingerprint density at radius 3 is 2.57 bits per heavy atom. The van der Waals surface area contributed by atoms with Crippen LogP contribution in [-0.2, 0) is 9.53 Å². The van der Waals surface area contributed by atoms with E-state index in [4.69, 9.17) is 4.74 Å². The second-order valence-electron chi connectivity index (χ2n) is 13.8. The molecule has 35 heavy (non-hydrogen) atoms. The average Bonchev–Trinajstić information content (AvgIpc) is 3.16. The van der Waals surface area contributed by atoms with Crippen molar-refractivity contribution >= 4 is 28.6 Å². The van der Waals surface area contributed by atoms with Gasteiger partial charge in [0, 0.05) is 12.8 Å². The summed E-state index contributed by atoms with van der Waals surface area (Å²) < 4.78 is 7.08. The van der Waals surface area contributed by atoms with E-state index in [1.165, 1.54) is 57.8 Å². The van der Waals surface area contributed by atoms with Crippen molar-refractivity contribution in [2.75, 3.05) is 4.43 Å². The van der Waals surface area contributed by atoms with Crippen molar-refractivity contribution in [2.45, 2.75) is 131 Å². The van der Waals surface area contributed by atoms with Crippen LogP contribution < -0.4 is 0 Å². The van der Waals surface area contributed by atoms with Gasteiger partial charge in [0.25, 0.3) is 0 Å². The zero-order valence-electron chi connectivity index (χ0n) is 23.4. The number of hydrogen-bond donors (Lipinski definition) is 0. The molecule has 4 aliphatic carbocycles. The number of fused-ring (bicyclic) bond motifs is 5. The maximum absolute atomic E-state index is 12.4. The molecule has 0 aliphatic heterocycles. The third-order valence-corrected chi connectivity index (χ3v) is 12.1. The zero-order chi connectivity index (χ0) is 25.2. The van der Waals surface area contributed by atoms with Gasteiger partial charge in [0.2, 0.25) is 0 Å². The van der Waals surface area contributed by atoms with Crippen LogP contribution >= 0.6 is 22.6 Å². The number of ether oxygens (including phenoxy) is 1. The minimum Gasteiger partial charge on any atom is -0.462 e. The standard InChI is InChI=1S/C32H53IO2/c1-22(2)9-8-10-23(3)27-14-15-28-26-13-12-24-21-25(35-30(34)11-6-7-20-33)16-18-31(24,4)29(26)17-19-32(27,28)5/h12,22-23,25-29H,6-11,13-21H2,1-5H3/t23-,25+,26+,27-,28+,29+,31+,32-/m1/s1. The van der Waals surface area contributed by atoms with Crippen LogP contribution in [0.5, 0.6) is 0 Å². The van der Waals surface area contributed by atoms with Crippen LogP contribution in [-0.4, -0.2) is 16.5 Å².